The monoisotopic (exact) mass is 266 g/mol. The van der Waals surface area contributed by atoms with Gasteiger partial charge in [-0.1, -0.05) is 37.2 Å². The van der Waals surface area contributed by atoms with E-state index in [1.165, 1.54) is 21.9 Å². The number of nitrogens with zero attached hydrogens (tertiary/aromatic N) is 1. The van der Waals surface area contributed by atoms with Crippen LogP contribution in [0.3, 0.4) is 0 Å². The Kier molecular flexibility index (Phi) is 4.83. The number of hydrogen-bond donors (Lipinski definition) is 1. The molecular weight excluding hydrogens is 248 g/mol. The van der Waals surface area contributed by atoms with Crippen molar-refractivity contribution < 1.29 is 0 Å². The highest BCUT2D eigenvalue weighted by Gasteiger charge is 2.08. The topological polar surface area (TPSA) is 24.9 Å². The van der Waals surface area contributed by atoms with Crippen LogP contribution in [-0.4, -0.2) is 23.8 Å². The Labute approximate surface area is 111 Å². The third kappa shape index (κ3) is 3.44. The Hall–Kier alpha value is -0.580. The minimum atomic E-state index is 0.594. The first-order valence-corrected chi connectivity index (χ1v) is 7.79. The molecule has 1 unspecified atom stereocenters. The van der Waals surface area contributed by atoms with Gasteiger partial charge in [0.15, 0.2) is 4.34 Å². The van der Waals surface area contributed by atoms with Gasteiger partial charge >= 0.3 is 0 Å². The summed E-state index contributed by atoms with van der Waals surface area (Å²) in [5.74, 6) is 1.10. The molecule has 0 aliphatic rings. The first-order chi connectivity index (χ1) is 8.33. The maximum absolute atomic E-state index is 4.63. The number of benzene rings is 1. The highest BCUT2D eigenvalue weighted by molar-refractivity contribution is 8.01. The first-order valence-electron chi connectivity index (χ1n) is 5.99. The SMILES string of the molecule is CCCC(CSc1nc2ccccc2s1)NC. The number of fused-ring (bicyclic) bond motifs is 1. The van der Waals surface area contributed by atoms with Crippen LogP contribution in [0.4, 0.5) is 0 Å². The Morgan fingerprint density at radius 2 is 2.24 bits per heavy atom. The summed E-state index contributed by atoms with van der Waals surface area (Å²) in [5.41, 5.74) is 1.12. The van der Waals surface area contributed by atoms with E-state index in [-0.39, 0.29) is 0 Å². The molecule has 0 spiro atoms. The summed E-state index contributed by atoms with van der Waals surface area (Å²) in [5, 5.41) is 3.36. The number of thiazole rings is 1. The lowest BCUT2D eigenvalue weighted by molar-refractivity contribution is 0.564. The molecule has 0 fully saturated rings. The lowest BCUT2D eigenvalue weighted by atomic mass is 10.2. The normalized spacial score (nSPS) is 13.1. The van der Waals surface area contributed by atoms with E-state index >= 15 is 0 Å². The van der Waals surface area contributed by atoms with Crippen LogP contribution in [-0.2, 0) is 0 Å². The van der Waals surface area contributed by atoms with Crippen molar-refractivity contribution in [2.24, 2.45) is 0 Å². The van der Waals surface area contributed by atoms with Crippen LogP contribution in [0.5, 0.6) is 0 Å². The van der Waals surface area contributed by atoms with E-state index in [1.54, 1.807) is 11.3 Å². The summed E-state index contributed by atoms with van der Waals surface area (Å²) in [4.78, 5) is 4.63. The van der Waals surface area contributed by atoms with Gasteiger partial charge in [-0.3, -0.25) is 0 Å². The van der Waals surface area contributed by atoms with Gasteiger partial charge in [0.2, 0.25) is 0 Å². The van der Waals surface area contributed by atoms with Crippen LogP contribution in [0.1, 0.15) is 19.8 Å². The van der Waals surface area contributed by atoms with Crippen molar-refractivity contribution in [2.45, 2.75) is 30.1 Å². The molecule has 1 heterocycles. The number of para-hydroxylation sites is 1. The first kappa shape index (κ1) is 12.9. The van der Waals surface area contributed by atoms with Crippen LogP contribution in [0, 0.1) is 0 Å². The lowest BCUT2D eigenvalue weighted by Gasteiger charge is -2.13. The van der Waals surface area contributed by atoms with Crippen LogP contribution in [0.15, 0.2) is 28.6 Å². The van der Waals surface area contributed by atoms with Gasteiger partial charge in [-0.05, 0) is 25.6 Å². The average molecular weight is 266 g/mol. The molecular formula is C13H18N2S2. The number of thioether (sulfide) groups is 1. The van der Waals surface area contributed by atoms with Crippen molar-refractivity contribution in [2.75, 3.05) is 12.8 Å². The number of hydrogen-bond acceptors (Lipinski definition) is 4. The highest BCUT2D eigenvalue weighted by Crippen LogP contribution is 2.29. The zero-order valence-electron chi connectivity index (χ0n) is 10.3. The molecule has 0 bridgehead atoms. The molecule has 17 heavy (non-hydrogen) atoms. The molecule has 1 atom stereocenters. The van der Waals surface area contributed by atoms with Gasteiger partial charge in [-0.15, -0.1) is 11.3 Å². The smallest absolute Gasteiger partial charge is 0.151 e. The van der Waals surface area contributed by atoms with Crippen molar-refractivity contribution in [3.05, 3.63) is 24.3 Å². The summed E-state index contributed by atoms with van der Waals surface area (Å²) >= 11 is 3.66. The van der Waals surface area contributed by atoms with Gasteiger partial charge in [0.25, 0.3) is 0 Å². The number of aromatic nitrogens is 1. The van der Waals surface area contributed by atoms with Crippen molar-refractivity contribution in [3.63, 3.8) is 0 Å². The average Bonchev–Trinajstić information content (AvgIpc) is 2.77. The molecule has 0 aliphatic heterocycles. The van der Waals surface area contributed by atoms with E-state index in [2.05, 4.69) is 35.4 Å². The van der Waals surface area contributed by atoms with Crippen molar-refractivity contribution >= 4 is 33.3 Å². The minimum Gasteiger partial charge on any atom is -0.316 e. The molecule has 0 aliphatic carbocycles. The molecule has 0 saturated carbocycles. The summed E-state index contributed by atoms with van der Waals surface area (Å²) in [6.07, 6.45) is 2.46. The fourth-order valence-electron chi connectivity index (χ4n) is 1.74. The number of nitrogens with one attached hydrogen (secondary N) is 1. The molecule has 1 aromatic carbocycles. The van der Waals surface area contributed by atoms with E-state index in [1.807, 2.05) is 24.9 Å². The Bertz CT molecular complexity index is 434. The molecule has 92 valence electrons. The summed E-state index contributed by atoms with van der Waals surface area (Å²) in [6.45, 7) is 2.23. The second-order valence-electron chi connectivity index (χ2n) is 4.03. The zero-order chi connectivity index (χ0) is 12.1. The highest BCUT2D eigenvalue weighted by atomic mass is 32.2. The van der Waals surface area contributed by atoms with Crippen LogP contribution < -0.4 is 5.32 Å². The summed E-state index contributed by atoms with van der Waals surface area (Å²) in [6, 6.07) is 8.93. The Morgan fingerprint density at radius 3 is 2.94 bits per heavy atom. The largest absolute Gasteiger partial charge is 0.316 e. The third-order valence-electron chi connectivity index (χ3n) is 2.73. The molecule has 2 aromatic rings. The lowest BCUT2D eigenvalue weighted by Crippen LogP contribution is -2.27. The summed E-state index contributed by atoms with van der Waals surface area (Å²) in [7, 11) is 2.04. The van der Waals surface area contributed by atoms with E-state index in [9.17, 15) is 0 Å². The molecule has 0 radical (unpaired) electrons. The molecule has 0 amide bonds. The molecule has 0 saturated heterocycles. The second kappa shape index (κ2) is 6.38. The Morgan fingerprint density at radius 1 is 1.41 bits per heavy atom. The van der Waals surface area contributed by atoms with Crippen molar-refractivity contribution in [3.8, 4) is 0 Å². The fraction of sp³-hybridized carbons (Fsp3) is 0.462. The number of rotatable bonds is 6. The molecule has 1 aromatic heterocycles. The van der Waals surface area contributed by atoms with Gasteiger partial charge < -0.3 is 5.32 Å². The zero-order valence-corrected chi connectivity index (χ0v) is 11.9. The van der Waals surface area contributed by atoms with Crippen LogP contribution in [0.2, 0.25) is 0 Å². The quantitative estimate of drug-likeness (QED) is 0.806. The van der Waals surface area contributed by atoms with Crippen molar-refractivity contribution in [1.82, 2.24) is 10.3 Å². The van der Waals surface area contributed by atoms with Crippen molar-refractivity contribution in [1.29, 1.82) is 0 Å². The maximum atomic E-state index is 4.63. The maximum Gasteiger partial charge on any atom is 0.151 e. The minimum absolute atomic E-state index is 0.594. The predicted molar refractivity (Wildman–Crippen MR) is 78.1 cm³/mol. The molecule has 2 nitrogen and oxygen atoms in total. The third-order valence-corrected chi connectivity index (χ3v) is 5.07. The van der Waals surface area contributed by atoms with Gasteiger partial charge in [0.1, 0.15) is 0 Å². The predicted octanol–water partition coefficient (Wildman–Crippen LogP) is 3.78. The van der Waals surface area contributed by atoms with Gasteiger partial charge in [0.05, 0.1) is 10.2 Å². The standard InChI is InChI=1S/C13H18N2S2/c1-3-6-10(14-2)9-16-13-15-11-7-4-5-8-12(11)17-13/h4-5,7-8,10,14H,3,6,9H2,1-2H3. The van der Waals surface area contributed by atoms with E-state index in [0.717, 1.165) is 11.3 Å². The Balaban J connectivity index is 1.98. The van der Waals surface area contributed by atoms with E-state index < -0.39 is 0 Å². The molecule has 4 heteroatoms. The van der Waals surface area contributed by atoms with Crippen LogP contribution in [0.25, 0.3) is 10.2 Å². The van der Waals surface area contributed by atoms with E-state index in [4.69, 9.17) is 0 Å². The molecule has 2 rings (SSSR count). The van der Waals surface area contributed by atoms with Gasteiger partial charge in [0, 0.05) is 11.8 Å². The molecule has 1 N–H and O–H groups in total. The van der Waals surface area contributed by atoms with Gasteiger partial charge in [-0.25, -0.2) is 4.98 Å². The second-order valence-corrected chi connectivity index (χ2v) is 6.33. The fourth-order valence-corrected chi connectivity index (χ4v) is 3.99. The van der Waals surface area contributed by atoms with Gasteiger partial charge in [-0.2, -0.15) is 0 Å². The van der Waals surface area contributed by atoms with Crippen LogP contribution >= 0.6 is 23.1 Å². The summed E-state index contributed by atoms with van der Waals surface area (Å²) < 4.78 is 2.47. The van der Waals surface area contributed by atoms with E-state index in [0.29, 0.717) is 6.04 Å².